The van der Waals surface area contributed by atoms with Crippen LogP contribution in [0.2, 0.25) is 0 Å². The lowest BCUT2D eigenvalue weighted by Crippen LogP contribution is -2.31. The minimum atomic E-state index is -3.50. The largest absolute Gasteiger partial charge is 0.289 e. The molecule has 30 heavy (non-hydrogen) atoms. The maximum Gasteiger partial charge on any atom is 0.243 e. The highest BCUT2D eigenvalue weighted by Crippen LogP contribution is 2.22. The second kappa shape index (κ2) is 8.94. The van der Waals surface area contributed by atoms with Crippen molar-refractivity contribution in [1.82, 2.24) is 4.31 Å². The maximum atomic E-state index is 12.9. The summed E-state index contributed by atoms with van der Waals surface area (Å²) in [5, 5.41) is 2.21. The minimum Gasteiger partial charge on any atom is -0.289 e. The molecule has 0 N–H and O–H groups in total. The van der Waals surface area contributed by atoms with Crippen LogP contribution in [-0.4, -0.2) is 31.6 Å². The van der Waals surface area contributed by atoms with Gasteiger partial charge in [0.25, 0.3) is 0 Å². The molecule has 1 saturated heterocycles. The molecule has 0 saturated carbocycles. The van der Waals surface area contributed by atoms with Crippen molar-refractivity contribution in [3.05, 3.63) is 83.9 Å². The predicted octanol–water partition coefficient (Wildman–Crippen LogP) is 5.30. The zero-order valence-electron chi connectivity index (χ0n) is 16.8. The third-order valence-electron chi connectivity index (χ3n) is 5.58. The molecule has 5 heteroatoms. The summed E-state index contributed by atoms with van der Waals surface area (Å²) >= 11 is 0. The van der Waals surface area contributed by atoms with Crippen LogP contribution in [0.4, 0.5) is 0 Å². The van der Waals surface area contributed by atoms with Gasteiger partial charge in [-0.3, -0.25) is 4.79 Å². The number of sulfonamides is 1. The second-order valence-electron chi connectivity index (χ2n) is 7.61. The monoisotopic (exact) mass is 419 g/mol. The van der Waals surface area contributed by atoms with Crippen molar-refractivity contribution in [1.29, 1.82) is 0 Å². The van der Waals surface area contributed by atoms with Gasteiger partial charge in [0.15, 0.2) is 5.78 Å². The lowest BCUT2D eigenvalue weighted by atomic mass is 10.0. The molecule has 3 aromatic rings. The normalized spacial score (nSPS) is 16.0. The van der Waals surface area contributed by atoms with Gasteiger partial charge in [-0.1, -0.05) is 61.4 Å². The summed E-state index contributed by atoms with van der Waals surface area (Å²) in [5.41, 5.74) is 1.45. The maximum absolute atomic E-state index is 12.9. The molecule has 4 rings (SSSR count). The number of rotatable bonds is 5. The Bertz CT molecular complexity index is 1170. The van der Waals surface area contributed by atoms with E-state index in [1.807, 2.05) is 48.5 Å². The number of benzene rings is 3. The molecule has 1 fully saturated rings. The van der Waals surface area contributed by atoms with Gasteiger partial charge in [-0.2, -0.15) is 4.31 Å². The van der Waals surface area contributed by atoms with E-state index in [0.29, 0.717) is 18.7 Å². The van der Waals surface area contributed by atoms with E-state index in [9.17, 15) is 13.2 Å². The number of hydrogen-bond donors (Lipinski definition) is 0. The quantitative estimate of drug-likeness (QED) is 0.416. The van der Waals surface area contributed by atoms with Gasteiger partial charge in [0, 0.05) is 18.7 Å². The summed E-state index contributed by atoms with van der Waals surface area (Å²) < 4.78 is 27.3. The number of carbonyl (C=O) groups is 1. The summed E-state index contributed by atoms with van der Waals surface area (Å²) in [6, 6.07) is 20.3. The molecule has 0 aromatic heterocycles. The van der Waals surface area contributed by atoms with Crippen molar-refractivity contribution < 1.29 is 13.2 Å². The van der Waals surface area contributed by atoms with Crippen LogP contribution >= 0.6 is 0 Å². The Balaban J connectivity index is 1.52. The standard InChI is InChI=1S/C25H25NO3S/c27-25(17-14-21-10-7-9-20-8-3-4-11-24(20)21)22-12-15-23(16-13-22)30(28,29)26-18-5-1-2-6-19-26/h3-4,7-17H,1-2,5-6,18-19H2/b17-14+. The molecule has 1 aliphatic rings. The number of ketones is 1. The van der Waals surface area contributed by atoms with E-state index < -0.39 is 10.0 Å². The Labute approximate surface area is 177 Å². The lowest BCUT2D eigenvalue weighted by molar-refractivity contribution is 0.104. The molecule has 0 unspecified atom stereocenters. The first-order valence-corrected chi connectivity index (χ1v) is 11.8. The smallest absolute Gasteiger partial charge is 0.243 e. The highest BCUT2D eigenvalue weighted by Gasteiger charge is 2.25. The van der Waals surface area contributed by atoms with E-state index in [-0.39, 0.29) is 10.7 Å². The van der Waals surface area contributed by atoms with E-state index >= 15 is 0 Å². The van der Waals surface area contributed by atoms with E-state index in [0.717, 1.165) is 42.0 Å². The molecule has 4 nitrogen and oxygen atoms in total. The van der Waals surface area contributed by atoms with E-state index in [1.54, 1.807) is 34.6 Å². The van der Waals surface area contributed by atoms with Crippen LogP contribution in [0.3, 0.4) is 0 Å². The van der Waals surface area contributed by atoms with Gasteiger partial charge >= 0.3 is 0 Å². The lowest BCUT2D eigenvalue weighted by Gasteiger charge is -2.19. The fourth-order valence-corrected chi connectivity index (χ4v) is 5.40. The van der Waals surface area contributed by atoms with Crippen LogP contribution in [-0.2, 0) is 10.0 Å². The zero-order chi connectivity index (χ0) is 21.0. The number of carbonyl (C=O) groups excluding carboxylic acids is 1. The van der Waals surface area contributed by atoms with Crippen molar-refractivity contribution in [2.45, 2.75) is 30.6 Å². The Morgan fingerprint density at radius 2 is 1.47 bits per heavy atom. The fourth-order valence-electron chi connectivity index (χ4n) is 3.88. The van der Waals surface area contributed by atoms with Crippen molar-refractivity contribution >= 4 is 32.7 Å². The topological polar surface area (TPSA) is 54.5 Å². The Kier molecular flexibility index (Phi) is 6.11. The average Bonchev–Trinajstić information content (AvgIpc) is 3.08. The highest BCUT2D eigenvalue weighted by atomic mass is 32.2. The van der Waals surface area contributed by atoms with Gasteiger partial charge in [0.05, 0.1) is 4.90 Å². The average molecular weight is 420 g/mol. The summed E-state index contributed by atoms with van der Waals surface area (Å²) in [4.78, 5) is 12.9. The summed E-state index contributed by atoms with van der Waals surface area (Å²) in [6.07, 6.45) is 7.29. The molecule has 1 heterocycles. The molecular formula is C25H25NO3S. The van der Waals surface area contributed by atoms with E-state index in [1.165, 1.54) is 0 Å². The highest BCUT2D eigenvalue weighted by molar-refractivity contribution is 7.89. The van der Waals surface area contributed by atoms with Gasteiger partial charge < -0.3 is 0 Å². The van der Waals surface area contributed by atoms with Gasteiger partial charge in [0.2, 0.25) is 10.0 Å². The molecule has 0 bridgehead atoms. The van der Waals surface area contributed by atoms with Crippen LogP contribution in [0.5, 0.6) is 0 Å². The molecule has 0 aliphatic carbocycles. The van der Waals surface area contributed by atoms with Crippen LogP contribution in [0.15, 0.2) is 77.7 Å². The number of allylic oxidation sites excluding steroid dienone is 1. The van der Waals surface area contributed by atoms with Crippen LogP contribution in [0.1, 0.15) is 41.6 Å². The summed E-state index contributed by atoms with van der Waals surface area (Å²) in [6.45, 7) is 1.13. The Morgan fingerprint density at radius 3 is 2.20 bits per heavy atom. The van der Waals surface area contributed by atoms with Crippen LogP contribution < -0.4 is 0 Å². The Hall–Kier alpha value is -2.76. The summed E-state index contributed by atoms with van der Waals surface area (Å²) in [5.74, 6) is -0.151. The second-order valence-corrected chi connectivity index (χ2v) is 9.55. The van der Waals surface area contributed by atoms with Crippen LogP contribution in [0.25, 0.3) is 16.8 Å². The number of nitrogens with zero attached hydrogens (tertiary/aromatic N) is 1. The molecule has 0 atom stereocenters. The fraction of sp³-hybridized carbons (Fsp3) is 0.240. The molecule has 0 amide bonds. The predicted molar refractivity (Wildman–Crippen MR) is 121 cm³/mol. The minimum absolute atomic E-state index is 0.151. The molecule has 1 aliphatic heterocycles. The van der Waals surface area contributed by atoms with Gasteiger partial charge in [-0.25, -0.2) is 8.42 Å². The first-order valence-electron chi connectivity index (χ1n) is 10.4. The van der Waals surface area contributed by atoms with Gasteiger partial charge in [-0.05, 0) is 59.5 Å². The van der Waals surface area contributed by atoms with Gasteiger partial charge in [-0.15, -0.1) is 0 Å². The molecular weight excluding hydrogens is 394 g/mol. The van der Waals surface area contributed by atoms with Crippen molar-refractivity contribution in [3.63, 3.8) is 0 Å². The first-order chi connectivity index (χ1) is 14.6. The molecule has 0 spiro atoms. The van der Waals surface area contributed by atoms with Crippen molar-refractivity contribution in [3.8, 4) is 0 Å². The molecule has 154 valence electrons. The van der Waals surface area contributed by atoms with Crippen molar-refractivity contribution in [2.75, 3.05) is 13.1 Å². The van der Waals surface area contributed by atoms with Crippen molar-refractivity contribution in [2.24, 2.45) is 0 Å². The summed E-state index contributed by atoms with van der Waals surface area (Å²) in [7, 11) is -3.50. The third kappa shape index (κ3) is 4.37. The zero-order valence-corrected chi connectivity index (χ0v) is 17.6. The third-order valence-corrected chi connectivity index (χ3v) is 7.49. The number of hydrogen-bond acceptors (Lipinski definition) is 3. The SMILES string of the molecule is O=C(/C=C/c1cccc2ccccc12)c1ccc(S(=O)(=O)N2CCCCCC2)cc1. The first kappa shape index (κ1) is 20.5. The molecule has 3 aromatic carbocycles. The molecule has 0 radical (unpaired) electrons. The van der Waals surface area contributed by atoms with E-state index in [4.69, 9.17) is 0 Å². The van der Waals surface area contributed by atoms with Gasteiger partial charge in [0.1, 0.15) is 0 Å². The van der Waals surface area contributed by atoms with E-state index in [2.05, 4.69) is 0 Å². The Morgan fingerprint density at radius 1 is 0.800 bits per heavy atom. The number of fused-ring (bicyclic) bond motifs is 1. The van der Waals surface area contributed by atoms with Crippen LogP contribution in [0, 0.1) is 0 Å².